The van der Waals surface area contributed by atoms with Crippen molar-refractivity contribution < 1.29 is 9.59 Å². The maximum absolute atomic E-state index is 12.0. The lowest BCUT2D eigenvalue weighted by atomic mass is 10.1. The predicted molar refractivity (Wildman–Crippen MR) is 75.6 cm³/mol. The van der Waals surface area contributed by atoms with Gasteiger partial charge in [-0.15, -0.1) is 11.8 Å². The third-order valence-corrected chi connectivity index (χ3v) is 3.96. The van der Waals surface area contributed by atoms with E-state index in [2.05, 4.69) is 20.8 Å². The average molecular weight is 288 g/mol. The van der Waals surface area contributed by atoms with Gasteiger partial charge in [0.2, 0.25) is 5.91 Å². The Kier molecular flexibility index (Phi) is 3.42. The summed E-state index contributed by atoms with van der Waals surface area (Å²) in [5.41, 5.74) is 2.12. The number of aromatic amines is 1. The van der Waals surface area contributed by atoms with Crippen molar-refractivity contribution in [2.24, 2.45) is 0 Å². The molecule has 7 heteroatoms. The molecule has 0 atom stereocenters. The van der Waals surface area contributed by atoms with E-state index in [1.54, 1.807) is 24.5 Å². The van der Waals surface area contributed by atoms with Crippen LogP contribution in [0.4, 0.5) is 5.69 Å². The first-order valence-corrected chi connectivity index (χ1v) is 7.03. The van der Waals surface area contributed by atoms with Crippen LogP contribution in [0.1, 0.15) is 15.9 Å². The fourth-order valence-corrected chi connectivity index (χ4v) is 2.67. The first kappa shape index (κ1) is 12.7. The fourth-order valence-electron chi connectivity index (χ4n) is 1.88. The summed E-state index contributed by atoms with van der Waals surface area (Å²) in [5.74, 6) is 0.191. The zero-order chi connectivity index (χ0) is 13.9. The number of nitrogens with one attached hydrogen (secondary N) is 3. The highest BCUT2D eigenvalue weighted by molar-refractivity contribution is 8.00. The predicted octanol–water partition coefficient (Wildman–Crippen LogP) is 1.38. The number of carbonyl (C=O) groups is 2. The van der Waals surface area contributed by atoms with Crippen LogP contribution in [0, 0.1) is 0 Å². The molecule has 0 saturated heterocycles. The summed E-state index contributed by atoms with van der Waals surface area (Å²) >= 11 is 1.47. The van der Waals surface area contributed by atoms with Crippen molar-refractivity contribution in [3.05, 3.63) is 41.7 Å². The van der Waals surface area contributed by atoms with E-state index in [-0.39, 0.29) is 11.8 Å². The van der Waals surface area contributed by atoms with Gasteiger partial charge in [0.05, 0.1) is 17.6 Å². The average Bonchev–Trinajstić information content (AvgIpc) is 2.97. The van der Waals surface area contributed by atoms with Crippen molar-refractivity contribution >= 4 is 29.3 Å². The monoisotopic (exact) mass is 288 g/mol. The standard InChI is InChI=1S/C13H12N4O2S/c18-12-7-20-11-2-1-9(3-10(11)17-12)13(19)14-4-8-5-15-16-6-8/h1-3,5-6H,4,7H2,(H,14,19)(H,15,16)(H,17,18). The van der Waals surface area contributed by atoms with Crippen LogP contribution in [0.25, 0.3) is 0 Å². The molecule has 2 aromatic rings. The Labute approximate surface area is 119 Å². The van der Waals surface area contributed by atoms with Gasteiger partial charge in [-0.3, -0.25) is 14.7 Å². The molecule has 0 spiro atoms. The number of carbonyl (C=O) groups excluding carboxylic acids is 2. The van der Waals surface area contributed by atoms with Crippen molar-refractivity contribution in [3.63, 3.8) is 0 Å². The van der Waals surface area contributed by atoms with Crippen LogP contribution in [0.3, 0.4) is 0 Å². The van der Waals surface area contributed by atoms with Crippen molar-refractivity contribution in [1.29, 1.82) is 0 Å². The molecule has 0 saturated carbocycles. The number of amides is 2. The summed E-state index contributed by atoms with van der Waals surface area (Å²) in [4.78, 5) is 24.4. The van der Waals surface area contributed by atoms with Gasteiger partial charge in [0, 0.05) is 28.8 Å². The molecule has 3 N–H and O–H groups in total. The van der Waals surface area contributed by atoms with Crippen molar-refractivity contribution in [3.8, 4) is 0 Å². The van der Waals surface area contributed by atoms with Crippen LogP contribution in [-0.2, 0) is 11.3 Å². The molecule has 2 amide bonds. The van der Waals surface area contributed by atoms with Crippen LogP contribution in [0.5, 0.6) is 0 Å². The molecule has 102 valence electrons. The molecule has 0 bridgehead atoms. The number of rotatable bonds is 3. The number of H-pyrrole nitrogens is 1. The molecule has 0 radical (unpaired) electrons. The van der Waals surface area contributed by atoms with Crippen LogP contribution < -0.4 is 10.6 Å². The first-order valence-electron chi connectivity index (χ1n) is 6.05. The van der Waals surface area contributed by atoms with E-state index in [4.69, 9.17) is 0 Å². The van der Waals surface area contributed by atoms with E-state index in [1.807, 2.05) is 6.07 Å². The minimum atomic E-state index is -0.182. The number of nitrogens with zero attached hydrogens (tertiary/aromatic N) is 1. The minimum absolute atomic E-state index is 0.0431. The Morgan fingerprint density at radius 1 is 1.45 bits per heavy atom. The Bertz CT molecular complexity index is 654. The lowest BCUT2D eigenvalue weighted by Gasteiger charge is -2.16. The van der Waals surface area contributed by atoms with Crippen molar-refractivity contribution in [2.75, 3.05) is 11.1 Å². The van der Waals surface area contributed by atoms with Crippen molar-refractivity contribution in [1.82, 2.24) is 15.5 Å². The highest BCUT2D eigenvalue weighted by Crippen LogP contribution is 2.31. The normalized spacial score (nSPS) is 13.5. The van der Waals surface area contributed by atoms with Crippen LogP contribution in [0.2, 0.25) is 0 Å². The fraction of sp³-hybridized carbons (Fsp3) is 0.154. The van der Waals surface area contributed by atoms with Gasteiger partial charge in [0.15, 0.2) is 0 Å². The molecule has 1 aromatic carbocycles. The molecule has 6 nitrogen and oxygen atoms in total. The highest BCUT2D eigenvalue weighted by atomic mass is 32.2. The quantitative estimate of drug-likeness (QED) is 0.796. The van der Waals surface area contributed by atoms with Gasteiger partial charge >= 0.3 is 0 Å². The van der Waals surface area contributed by atoms with Gasteiger partial charge in [-0.2, -0.15) is 5.10 Å². The van der Waals surface area contributed by atoms with Gasteiger partial charge in [0.25, 0.3) is 5.91 Å². The van der Waals surface area contributed by atoms with E-state index in [0.717, 1.165) is 10.5 Å². The number of anilines is 1. The summed E-state index contributed by atoms with van der Waals surface area (Å²) < 4.78 is 0. The molecule has 1 aromatic heterocycles. The van der Waals surface area contributed by atoms with Gasteiger partial charge in [-0.1, -0.05) is 0 Å². The summed E-state index contributed by atoms with van der Waals surface area (Å²) in [6, 6.07) is 5.31. The van der Waals surface area contributed by atoms with E-state index in [0.29, 0.717) is 23.5 Å². The topological polar surface area (TPSA) is 86.9 Å². The van der Waals surface area contributed by atoms with Gasteiger partial charge in [-0.05, 0) is 18.2 Å². The molecule has 0 aliphatic carbocycles. The zero-order valence-electron chi connectivity index (χ0n) is 10.5. The molecule has 20 heavy (non-hydrogen) atoms. The van der Waals surface area contributed by atoms with E-state index >= 15 is 0 Å². The molecule has 1 aliphatic rings. The molecule has 3 rings (SSSR count). The minimum Gasteiger partial charge on any atom is -0.348 e. The Morgan fingerprint density at radius 3 is 3.15 bits per heavy atom. The van der Waals surface area contributed by atoms with Crippen LogP contribution >= 0.6 is 11.8 Å². The van der Waals surface area contributed by atoms with E-state index < -0.39 is 0 Å². The number of aromatic nitrogens is 2. The smallest absolute Gasteiger partial charge is 0.251 e. The summed E-state index contributed by atoms with van der Waals surface area (Å²) in [6.07, 6.45) is 3.38. The van der Waals surface area contributed by atoms with Crippen molar-refractivity contribution in [2.45, 2.75) is 11.4 Å². The molecule has 0 fully saturated rings. The Morgan fingerprint density at radius 2 is 2.35 bits per heavy atom. The number of benzene rings is 1. The SMILES string of the molecule is O=C1CSc2ccc(C(=O)NCc3cn[nH]c3)cc2N1. The van der Waals surface area contributed by atoms with Gasteiger partial charge in [0.1, 0.15) is 0 Å². The molecule has 0 unspecified atom stereocenters. The van der Waals surface area contributed by atoms with Crippen LogP contribution in [0.15, 0.2) is 35.5 Å². The lowest BCUT2D eigenvalue weighted by molar-refractivity contribution is -0.113. The summed E-state index contributed by atoms with van der Waals surface area (Å²) in [5, 5.41) is 12.1. The lowest BCUT2D eigenvalue weighted by Crippen LogP contribution is -2.24. The first-order chi connectivity index (χ1) is 9.72. The molecule has 1 aliphatic heterocycles. The number of hydrogen-bond acceptors (Lipinski definition) is 4. The van der Waals surface area contributed by atoms with E-state index in [1.165, 1.54) is 11.8 Å². The Balaban J connectivity index is 1.72. The second kappa shape index (κ2) is 5.38. The van der Waals surface area contributed by atoms with Gasteiger partial charge < -0.3 is 10.6 Å². The maximum atomic E-state index is 12.0. The maximum Gasteiger partial charge on any atom is 0.251 e. The molecular weight excluding hydrogens is 276 g/mol. The van der Waals surface area contributed by atoms with E-state index in [9.17, 15) is 9.59 Å². The number of thioether (sulfide) groups is 1. The highest BCUT2D eigenvalue weighted by Gasteiger charge is 2.17. The second-order valence-electron chi connectivity index (χ2n) is 4.34. The number of hydrogen-bond donors (Lipinski definition) is 3. The third kappa shape index (κ3) is 2.67. The summed E-state index contributed by atoms with van der Waals surface area (Å²) in [7, 11) is 0. The van der Waals surface area contributed by atoms with Gasteiger partial charge in [-0.25, -0.2) is 0 Å². The molecule has 2 heterocycles. The molecular formula is C13H12N4O2S. The third-order valence-electron chi connectivity index (χ3n) is 2.88. The Hall–Kier alpha value is -2.28. The zero-order valence-corrected chi connectivity index (χ0v) is 11.3. The number of fused-ring (bicyclic) bond motifs is 1. The largest absolute Gasteiger partial charge is 0.348 e. The second-order valence-corrected chi connectivity index (χ2v) is 5.35. The summed E-state index contributed by atoms with van der Waals surface area (Å²) in [6.45, 7) is 0.410. The van der Waals surface area contributed by atoms with Crippen LogP contribution in [-0.4, -0.2) is 27.8 Å².